The first-order chi connectivity index (χ1) is 13.0. The number of hydrogen-bond acceptors (Lipinski definition) is 4. The molecule has 0 unspecified atom stereocenters. The van der Waals surface area contributed by atoms with Crippen LogP contribution in [0.15, 0.2) is 29.2 Å². The average molecular weight is 430 g/mol. The summed E-state index contributed by atoms with van der Waals surface area (Å²) in [6.07, 6.45) is 5.14. The predicted octanol–water partition coefficient (Wildman–Crippen LogP) is 2.28. The van der Waals surface area contributed by atoms with Crippen LogP contribution in [0.3, 0.4) is 0 Å². The molecular weight excluding hydrogens is 398 g/mol. The van der Waals surface area contributed by atoms with Gasteiger partial charge in [0.1, 0.15) is 0 Å². The first-order valence-electron chi connectivity index (χ1n) is 10.0. The normalized spacial score (nSPS) is 18.8. The number of aryl methyl sites for hydroxylation is 1. The van der Waals surface area contributed by atoms with Crippen LogP contribution in [0.2, 0.25) is 0 Å². The molecule has 0 atom stereocenters. The lowest BCUT2D eigenvalue weighted by molar-refractivity contribution is -0.132. The molecule has 0 spiro atoms. The fourth-order valence-corrected chi connectivity index (χ4v) is 5.51. The predicted molar refractivity (Wildman–Crippen MR) is 113 cm³/mol. The number of carbonyl (C=O) groups excluding carboxylic acids is 1. The van der Waals surface area contributed by atoms with E-state index in [9.17, 15) is 13.2 Å². The molecule has 0 bridgehead atoms. The summed E-state index contributed by atoms with van der Waals surface area (Å²) in [7, 11) is -1.39. The Morgan fingerprint density at radius 1 is 1.07 bits per heavy atom. The van der Waals surface area contributed by atoms with E-state index in [1.165, 1.54) is 0 Å². The van der Waals surface area contributed by atoms with Crippen LogP contribution in [0.5, 0.6) is 0 Å². The van der Waals surface area contributed by atoms with Crippen molar-refractivity contribution < 1.29 is 13.2 Å². The molecular formula is C20H32ClN3O3S. The van der Waals surface area contributed by atoms with E-state index in [0.29, 0.717) is 36.7 Å². The first kappa shape index (κ1) is 23.1. The maximum absolute atomic E-state index is 12.6. The molecule has 28 heavy (non-hydrogen) atoms. The van der Waals surface area contributed by atoms with Crippen LogP contribution in [-0.4, -0.2) is 63.3 Å². The fraction of sp³-hybridized carbons (Fsp3) is 0.650. The smallest absolute Gasteiger partial charge is 0.243 e. The molecule has 0 saturated carbocycles. The van der Waals surface area contributed by atoms with Crippen LogP contribution in [0.1, 0.15) is 37.7 Å². The van der Waals surface area contributed by atoms with E-state index in [1.807, 2.05) is 24.1 Å². The summed E-state index contributed by atoms with van der Waals surface area (Å²) in [5.41, 5.74) is 1.01. The van der Waals surface area contributed by atoms with E-state index in [-0.39, 0.29) is 18.3 Å². The van der Waals surface area contributed by atoms with Crippen LogP contribution < -0.4 is 5.32 Å². The summed E-state index contributed by atoms with van der Waals surface area (Å²) in [5, 5.41) is 3.21. The van der Waals surface area contributed by atoms with Crippen molar-refractivity contribution in [3.63, 3.8) is 0 Å². The van der Waals surface area contributed by atoms with Crippen molar-refractivity contribution in [1.29, 1.82) is 0 Å². The summed E-state index contributed by atoms with van der Waals surface area (Å²) in [6.45, 7) is 3.94. The summed E-state index contributed by atoms with van der Waals surface area (Å²) >= 11 is 0. The average Bonchev–Trinajstić information content (AvgIpc) is 3.23. The molecule has 2 aliphatic rings. The van der Waals surface area contributed by atoms with Crippen LogP contribution >= 0.6 is 12.4 Å². The van der Waals surface area contributed by atoms with Crippen molar-refractivity contribution >= 4 is 28.3 Å². The minimum absolute atomic E-state index is 0. The zero-order chi connectivity index (χ0) is 19.3. The van der Waals surface area contributed by atoms with Gasteiger partial charge in [-0.2, -0.15) is 4.31 Å². The number of likely N-dealkylation sites (tertiary alicyclic amines) is 1. The third kappa shape index (κ3) is 5.69. The Hall–Kier alpha value is -1.15. The van der Waals surface area contributed by atoms with E-state index in [2.05, 4.69) is 5.32 Å². The fourth-order valence-electron chi connectivity index (χ4n) is 3.99. The zero-order valence-electron chi connectivity index (χ0n) is 16.6. The van der Waals surface area contributed by atoms with Crippen molar-refractivity contribution in [3.8, 4) is 0 Å². The molecule has 2 aliphatic heterocycles. The Labute approximate surface area is 175 Å². The van der Waals surface area contributed by atoms with Gasteiger partial charge in [0.25, 0.3) is 0 Å². The van der Waals surface area contributed by atoms with Gasteiger partial charge < -0.3 is 10.2 Å². The molecule has 2 fully saturated rings. The molecule has 2 heterocycles. The third-order valence-electron chi connectivity index (χ3n) is 5.71. The molecule has 0 aromatic heterocycles. The molecule has 158 valence electrons. The van der Waals surface area contributed by atoms with Gasteiger partial charge in [-0.3, -0.25) is 4.79 Å². The number of halogens is 1. The van der Waals surface area contributed by atoms with Gasteiger partial charge in [-0.25, -0.2) is 8.42 Å². The molecule has 1 N–H and O–H groups in total. The number of hydrogen-bond donors (Lipinski definition) is 1. The van der Waals surface area contributed by atoms with Crippen molar-refractivity contribution in [3.05, 3.63) is 29.8 Å². The highest BCUT2D eigenvalue weighted by atomic mass is 35.5. The summed E-state index contributed by atoms with van der Waals surface area (Å²) < 4.78 is 26.7. The Balaban J connectivity index is 0.00000280. The quantitative estimate of drug-likeness (QED) is 0.721. The lowest BCUT2D eigenvalue weighted by atomic mass is 9.96. The Morgan fingerprint density at radius 2 is 1.68 bits per heavy atom. The van der Waals surface area contributed by atoms with Crippen molar-refractivity contribution in [2.24, 2.45) is 5.92 Å². The monoisotopic (exact) mass is 429 g/mol. The van der Waals surface area contributed by atoms with Gasteiger partial charge in [0.05, 0.1) is 4.90 Å². The van der Waals surface area contributed by atoms with Crippen LogP contribution in [0.25, 0.3) is 0 Å². The first-order valence-corrected chi connectivity index (χ1v) is 11.5. The number of carbonyl (C=O) groups is 1. The highest BCUT2D eigenvalue weighted by Crippen LogP contribution is 2.22. The molecule has 0 radical (unpaired) electrons. The molecule has 1 aromatic carbocycles. The number of nitrogens with zero attached hydrogens (tertiary/aromatic N) is 2. The van der Waals surface area contributed by atoms with Gasteiger partial charge >= 0.3 is 0 Å². The van der Waals surface area contributed by atoms with Gasteiger partial charge in [0, 0.05) is 32.6 Å². The van der Waals surface area contributed by atoms with Crippen LogP contribution in [-0.2, 0) is 21.2 Å². The minimum atomic E-state index is -3.36. The van der Waals surface area contributed by atoms with E-state index < -0.39 is 10.0 Å². The number of sulfonamides is 1. The summed E-state index contributed by atoms with van der Waals surface area (Å²) in [6, 6.07) is 7.04. The zero-order valence-corrected chi connectivity index (χ0v) is 18.2. The highest BCUT2D eigenvalue weighted by Gasteiger charge is 2.27. The maximum Gasteiger partial charge on any atom is 0.243 e. The van der Waals surface area contributed by atoms with E-state index in [1.54, 1.807) is 16.4 Å². The van der Waals surface area contributed by atoms with Crippen LogP contribution in [0, 0.1) is 5.92 Å². The molecule has 2 saturated heterocycles. The van der Waals surface area contributed by atoms with Crippen molar-refractivity contribution in [1.82, 2.24) is 14.5 Å². The standard InChI is InChI=1S/C20H31N3O3S.ClH/c1-21-16-18-10-14-22(15-11-18)20(24)9-6-17-4-7-19(8-5-17)27(25,26)23-12-2-3-13-23;/h4-5,7-8,18,21H,2-3,6,9-16H2,1H3;1H. The van der Waals surface area contributed by atoms with Crippen molar-refractivity contribution in [2.45, 2.75) is 43.4 Å². The molecule has 8 heteroatoms. The van der Waals surface area contributed by atoms with Crippen molar-refractivity contribution in [2.75, 3.05) is 39.8 Å². The third-order valence-corrected chi connectivity index (χ3v) is 7.63. The number of nitrogens with one attached hydrogen (secondary N) is 1. The molecule has 1 aromatic rings. The minimum Gasteiger partial charge on any atom is -0.343 e. The van der Waals surface area contributed by atoms with Gasteiger partial charge in [-0.05, 0) is 69.3 Å². The van der Waals surface area contributed by atoms with E-state index in [0.717, 1.165) is 50.9 Å². The second-order valence-electron chi connectivity index (χ2n) is 7.64. The topological polar surface area (TPSA) is 69.7 Å². The SMILES string of the molecule is CNCC1CCN(C(=O)CCc2ccc(S(=O)(=O)N3CCCC3)cc2)CC1.Cl. The van der Waals surface area contributed by atoms with Gasteiger partial charge in [-0.15, -0.1) is 12.4 Å². The molecule has 3 rings (SSSR count). The van der Waals surface area contributed by atoms with Gasteiger partial charge in [-0.1, -0.05) is 12.1 Å². The summed E-state index contributed by atoms with van der Waals surface area (Å²) in [5.74, 6) is 0.871. The molecule has 0 aliphatic carbocycles. The largest absolute Gasteiger partial charge is 0.343 e. The molecule has 1 amide bonds. The lowest BCUT2D eigenvalue weighted by Crippen LogP contribution is -2.40. The second-order valence-corrected chi connectivity index (χ2v) is 9.57. The number of amides is 1. The summed E-state index contributed by atoms with van der Waals surface area (Å²) in [4.78, 5) is 14.8. The maximum atomic E-state index is 12.6. The number of rotatable bonds is 7. The van der Waals surface area contributed by atoms with Gasteiger partial charge in [0.2, 0.25) is 15.9 Å². The Bertz CT molecular complexity index is 726. The lowest BCUT2D eigenvalue weighted by Gasteiger charge is -2.32. The number of piperidine rings is 1. The van der Waals surface area contributed by atoms with Crippen LogP contribution in [0.4, 0.5) is 0 Å². The number of benzene rings is 1. The van der Waals surface area contributed by atoms with E-state index >= 15 is 0 Å². The molecule has 6 nitrogen and oxygen atoms in total. The Morgan fingerprint density at radius 3 is 2.25 bits per heavy atom. The van der Waals surface area contributed by atoms with Gasteiger partial charge in [0.15, 0.2) is 0 Å². The highest BCUT2D eigenvalue weighted by molar-refractivity contribution is 7.89. The Kier molecular flexibility index (Phi) is 8.74. The second kappa shape index (κ2) is 10.6. The van der Waals surface area contributed by atoms with E-state index in [4.69, 9.17) is 0 Å².